The molecule has 1 heterocycles. The summed E-state index contributed by atoms with van der Waals surface area (Å²) >= 11 is 0. The van der Waals surface area contributed by atoms with Crippen LogP contribution in [0.3, 0.4) is 0 Å². The van der Waals surface area contributed by atoms with E-state index in [1.807, 2.05) is 52.0 Å². The van der Waals surface area contributed by atoms with Crippen molar-refractivity contribution in [1.29, 1.82) is 5.26 Å². The fraction of sp³-hybridized carbons (Fsp3) is 0.579. The molecular weight excluding hydrogens is 304 g/mol. The van der Waals surface area contributed by atoms with Crippen molar-refractivity contribution in [3.63, 3.8) is 0 Å². The lowest BCUT2D eigenvalue weighted by atomic mass is 9.73. The number of benzene rings is 1. The zero-order valence-corrected chi connectivity index (χ0v) is 15.0. The van der Waals surface area contributed by atoms with E-state index in [9.17, 15) is 10.1 Å². The Bertz CT molecular complexity index is 620. The monoisotopic (exact) mass is 330 g/mol. The van der Waals surface area contributed by atoms with Crippen LogP contribution in [-0.4, -0.2) is 36.3 Å². The van der Waals surface area contributed by atoms with Gasteiger partial charge in [0, 0.05) is 18.7 Å². The highest BCUT2D eigenvalue weighted by atomic mass is 16.6. The predicted octanol–water partition coefficient (Wildman–Crippen LogP) is 3.88. The summed E-state index contributed by atoms with van der Waals surface area (Å²) in [5.74, 6) is 0.757. The van der Waals surface area contributed by atoms with Gasteiger partial charge in [0.15, 0.2) is 0 Å². The minimum atomic E-state index is -0.621. The zero-order valence-electron chi connectivity index (χ0n) is 15.0. The molecule has 24 heavy (non-hydrogen) atoms. The Balaban J connectivity index is 2.16. The molecule has 0 aromatic heterocycles. The van der Waals surface area contributed by atoms with Gasteiger partial charge in [0.05, 0.1) is 18.1 Å². The van der Waals surface area contributed by atoms with E-state index in [1.54, 1.807) is 4.90 Å². The molecule has 130 valence electrons. The summed E-state index contributed by atoms with van der Waals surface area (Å²) in [5, 5.41) is 9.86. The molecule has 0 spiro atoms. The number of likely N-dealkylation sites (tertiary alicyclic amines) is 1. The minimum absolute atomic E-state index is 0.313. The van der Waals surface area contributed by atoms with E-state index in [1.165, 1.54) is 0 Å². The topological polar surface area (TPSA) is 62.6 Å². The summed E-state index contributed by atoms with van der Waals surface area (Å²) in [6.07, 6.45) is 0.840. The molecule has 0 aliphatic carbocycles. The number of ether oxygens (including phenoxy) is 2. The van der Waals surface area contributed by atoms with E-state index in [0.29, 0.717) is 32.5 Å². The number of amides is 1. The third kappa shape index (κ3) is 4.00. The third-order valence-corrected chi connectivity index (χ3v) is 4.19. The zero-order chi connectivity index (χ0) is 17.8. The van der Waals surface area contributed by atoms with Crippen LogP contribution in [0.4, 0.5) is 4.79 Å². The van der Waals surface area contributed by atoms with Crippen LogP contribution >= 0.6 is 0 Å². The third-order valence-electron chi connectivity index (χ3n) is 4.19. The molecule has 1 saturated heterocycles. The van der Waals surface area contributed by atoms with Crippen molar-refractivity contribution in [2.45, 2.75) is 51.6 Å². The summed E-state index contributed by atoms with van der Waals surface area (Å²) in [7, 11) is 0. The van der Waals surface area contributed by atoms with Gasteiger partial charge in [-0.2, -0.15) is 5.26 Å². The van der Waals surface area contributed by atoms with Crippen LogP contribution in [0.2, 0.25) is 0 Å². The first kappa shape index (κ1) is 18.1. The smallest absolute Gasteiger partial charge is 0.410 e. The Labute approximate surface area is 144 Å². The van der Waals surface area contributed by atoms with Crippen LogP contribution in [0.25, 0.3) is 0 Å². The van der Waals surface area contributed by atoms with Crippen molar-refractivity contribution in [3.05, 3.63) is 29.8 Å². The number of hydrogen-bond acceptors (Lipinski definition) is 4. The Kier molecular flexibility index (Phi) is 5.38. The molecule has 5 nitrogen and oxygen atoms in total. The standard InChI is InChI=1S/C19H26N2O3/c1-5-23-16-9-7-6-8-15(16)19(14-20)10-12-21(13-11-19)17(22)24-18(2,3)4/h6-9H,5,10-13H2,1-4H3. The van der Waals surface area contributed by atoms with Gasteiger partial charge in [-0.3, -0.25) is 0 Å². The molecule has 0 bridgehead atoms. The van der Waals surface area contributed by atoms with Gasteiger partial charge in [-0.15, -0.1) is 0 Å². The molecule has 1 aromatic rings. The molecule has 0 N–H and O–H groups in total. The molecule has 1 amide bonds. The Morgan fingerprint density at radius 1 is 1.29 bits per heavy atom. The fourth-order valence-corrected chi connectivity index (χ4v) is 2.98. The molecule has 1 fully saturated rings. The van der Waals surface area contributed by atoms with E-state index in [2.05, 4.69) is 6.07 Å². The van der Waals surface area contributed by atoms with Crippen molar-refractivity contribution >= 4 is 6.09 Å². The van der Waals surface area contributed by atoms with Crippen molar-refractivity contribution in [3.8, 4) is 11.8 Å². The minimum Gasteiger partial charge on any atom is -0.494 e. The van der Waals surface area contributed by atoms with Crippen LogP contribution in [0, 0.1) is 11.3 Å². The summed E-state index contributed by atoms with van der Waals surface area (Å²) in [6.45, 7) is 9.06. The number of carbonyl (C=O) groups excluding carboxylic acids is 1. The average Bonchev–Trinajstić information content (AvgIpc) is 2.54. The molecular formula is C19H26N2O3. The molecule has 0 radical (unpaired) electrons. The van der Waals surface area contributed by atoms with E-state index in [4.69, 9.17) is 9.47 Å². The molecule has 1 aliphatic heterocycles. The second-order valence-corrected chi connectivity index (χ2v) is 7.09. The van der Waals surface area contributed by atoms with Gasteiger partial charge in [0.2, 0.25) is 0 Å². The lowest BCUT2D eigenvalue weighted by Gasteiger charge is -2.38. The normalized spacial score (nSPS) is 17.0. The SMILES string of the molecule is CCOc1ccccc1C1(C#N)CCN(C(=O)OC(C)(C)C)CC1. The maximum absolute atomic E-state index is 12.2. The maximum Gasteiger partial charge on any atom is 0.410 e. The molecule has 0 unspecified atom stereocenters. The molecule has 0 saturated carbocycles. The van der Waals surface area contributed by atoms with Gasteiger partial charge in [-0.1, -0.05) is 18.2 Å². The summed E-state index contributed by atoms with van der Waals surface area (Å²) in [5.41, 5.74) is -0.217. The van der Waals surface area contributed by atoms with Crippen molar-refractivity contribution < 1.29 is 14.3 Å². The van der Waals surface area contributed by atoms with Crippen molar-refractivity contribution in [1.82, 2.24) is 4.90 Å². The highest BCUT2D eigenvalue weighted by molar-refractivity contribution is 5.68. The first-order valence-electron chi connectivity index (χ1n) is 8.43. The average molecular weight is 330 g/mol. The van der Waals surface area contributed by atoms with Crippen LogP contribution in [0.5, 0.6) is 5.75 Å². The van der Waals surface area contributed by atoms with Crippen LogP contribution in [0.15, 0.2) is 24.3 Å². The lowest BCUT2D eigenvalue weighted by Crippen LogP contribution is -2.46. The number of nitriles is 1. The molecule has 1 aliphatic rings. The van der Waals surface area contributed by atoms with E-state index in [0.717, 1.165) is 11.3 Å². The van der Waals surface area contributed by atoms with Gasteiger partial charge < -0.3 is 14.4 Å². The second kappa shape index (κ2) is 7.12. The quantitative estimate of drug-likeness (QED) is 0.844. The van der Waals surface area contributed by atoms with Crippen molar-refractivity contribution in [2.24, 2.45) is 0 Å². The van der Waals surface area contributed by atoms with Gasteiger partial charge in [-0.25, -0.2) is 4.79 Å². The maximum atomic E-state index is 12.2. The van der Waals surface area contributed by atoms with E-state index < -0.39 is 11.0 Å². The number of rotatable bonds is 3. The molecule has 5 heteroatoms. The van der Waals surface area contributed by atoms with Crippen LogP contribution in [0.1, 0.15) is 46.1 Å². The fourth-order valence-electron chi connectivity index (χ4n) is 2.98. The van der Waals surface area contributed by atoms with Crippen LogP contribution in [-0.2, 0) is 10.2 Å². The van der Waals surface area contributed by atoms with Gasteiger partial charge in [0.1, 0.15) is 11.4 Å². The highest BCUT2D eigenvalue weighted by Gasteiger charge is 2.40. The van der Waals surface area contributed by atoms with E-state index in [-0.39, 0.29) is 6.09 Å². The molecule has 0 atom stereocenters. The largest absolute Gasteiger partial charge is 0.494 e. The number of nitrogens with zero attached hydrogens (tertiary/aromatic N) is 2. The Hall–Kier alpha value is -2.22. The van der Waals surface area contributed by atoms with Gasteiger partial charge in [0.25, 0.3) is 0 Å². The summed E-state index contributed by atoms with van der Waals surface area (Å²) < 4.78 is 11.1. The number of piperidine rings is 1. The first-order chi connectivity index (χ1) is 11.3. The number of hydrogen-bond donors (Lipinski definition) is 0. The summed E-state index contributed by atoms with van der Waals surface area (Å²) in [4.78, 5) is 13.9. The predicted molar refractivity (Wildman–Crippen MR) is 91.9 cm³/mol. The number of carbonyl (C=O) groups is 1. The molecule has 2 rings (SSSR count). The van der Waals surface area contributed by atoms with E-state index >= 15 is 0 Å². The Morgan fingerprint density at radius 3 is 2.46 bits per heavy atom. The lowest BCUT2D eigenvalue weighted by molar-refractivity contribution is 0.0184. The van der Waals surface area contributed by atoms with Crippen LogP contribution < -0.4 is 4.74 Å². The van der Waals surface area contributed by atoms with Gasteiger partial charge >= 0.3 is 6.09 Å². The van der Waals surface area contributed by atoms with Gasteiger partial charge in [-0.05, 0) is 46.6 Å². The first-order valence-corrected chi connectivity index (χ1v) is 8.43. The second-order valence-electron chi connectivity index (χ2n) is 7.09. The van der Waals surface area contributed by atoms with Crippen molar-refractivity contribution in [2.75, 3.05) is 19.7 Å². The number of para-hydroxylation sites is 1. The molecule has 1 aromatic carbocycles. The highest BCUT2D eigenvalue weighted by Crippen LogP contribution is 2.40. The Morgan fingerprint density at radius 2 is 1.92 bits per heavy atom. The summed E-state index contributed by atoms with van der Waals surface area (Å²) in [6, 6.07) is 10.2.